The zero-order chi connectivity index (χ0) is 17.0. The van der Waals surface area contributed by atoms with Gasteiger partial charge in [-0.15, -0.1) is 4.83 Å². The van der Waals surface area contributed by atoms with Gasteiger partial charge in [0.15, 0.2) is 0 Å². The van der Waals surface area contributed by atoms with E-state index in [4.69, 9.17) is 0 Å². The van der Waals surface area contributed by atoms with Crippen LogP contribution in [0, 0.1) is 11.6 Å². The molecular weight excluding hydrogens is 326 g/mol. The normalized spacial score (nSPS) is 11.3. The number of halogens is 2. The molecule has 0 spiro atoms. The van der Waals surface area contributed by atoms with E-state index in [0.29, 0.717) is 6.07 Å². The van der Waals surface area contributed by atoms with Gasteiger partial charge in [-0.3, -0.25) is 10.2 Å². The van der Waals surface area contributed by atoms with Crippen LogP contribution in [0.2, 0.25) is 0 Å². The number of hydrogen-bond donors (Lipinski definition) is 2. The van der Waals surface area contributed by atoms with Crippen LogP contribution in [0.3, 0.4) is 0 Å². The number of carbonyl (C=O) groups excluding carboxylic acids is 1. The zero-order valence-corrected chi connectivity index (χ0v) is 13.0. The first-order valence-electron chi connectivity index (χ1n) is 6.69. The van der Waals surface area contributed by atoms with Crippen molar-refractivity contribution < 1.29 is 22.0 Å². The Kier molecular flexibility index (Phi) is 5.07. The molecule has 1 amide bonds. The van der Waals surface area contributed by atoms with E-state index in [0.717, 1.165) is 24.1 Å². The van der Waals surface area contributed by atoms with Crippen LogP contribution < -0.4 is 10.3 Å². The van der Waals surface area contributed by atoms with Crippen LogP contribution >= 0.6 is 0 Å². The molecule has 0 aliphatic rings. The van der Waals surface area contributed by atoms with E-state index in [1.54, 1.807) is 29.1 Å². The molecule has 0 aliphatic heterocycles. The van der Waals surface area contributed by atoms with E-state index >= 15 is 0 Å². The summed E-state index contributed by atoms with van der Waals surface area (Å²) >= 11 is 0. The molecule has 8 heteroatoms. The van der Waals surface area contributed by atoms with Gasteiger partial charge in [-0.25, -0.2) is 17.2 Å². The highest BCUT2D eigenvalue weighted by molar-refractivity contribution is 7.89. The molecule has 5 nitrogen and oxygen atoms in total. The summed E-state index contributed by atoms with van der Waals surface area (Å²) < 4.78 is 50.1. The van der Waals surface area contributed by atoms with E-state index in [-0.39, 0.29) is 5.56 Å². The van der Waals surface area contributed by atoms with Gasteiger partial charge >= 0.3 is 0 Å². The molecule has 122 valence electrons. The Hall–Kier alpha value is -2.32. The summed E-state index contributed by atoms with van der Waals surface area (Å²) in [5.41, 5.74) is 3.24. The van der Waals surface area contributed by atoms with Crippen LogP contribution in [0.5, 0.6) is 0 Å². The van der Waals surface area contributed by atoms with Crippen LogP contribution in [-0.4, -0.2) is 14.3 Å². The molecule has 0 aliphatic carbocycles. The highest BCUT2D eigenvalue weighted by atomic mass is 32.2. The quantitative estimate of drug-likeness (QED) is 0.819. The Bertz CT molecular complexity index is 821. The molecule has 0 bridgehead atoms. The molecule has 2 aromatic carbocycles. The SMILES string of the molecule is CCc1ccc(C(=O)NNS(=O)(=O)c2ccc(F)cc2F)cc1. The Balaban J connectivity index is 2.10. The lowest BCUT2D eigenvalue weighted by molar-refractivity contribution is 0.0945. The van der Waals surface area contributed by atoms with Crippen LogP contribution in [0.25, 0.3) is 0 Å². The van der Waals surface area contributed by atoms with Crippen molar-refractivity contribution in [1.29, 1.82) is 0 Å². The van der Waals surface area contributed by atoms with Gasteiger partial charge in [-0.1, -0.05) is 19.1 Å². The van der Waals surface area contributed by atoms with E-state index in [1.165, 1.54) is 0 Å². The number of nitrogens with one attached hydrogen (secondary N) is 2. The minimum Gasteiger partial charge on any atom is -0.273 e. The third-order valence-electron chi connectivity index (χ3n) is 3.11. The van der Waals surface area contributed by atoms with Gasteiger partial charge < -0.3 is 0 Å². The second-order valence-electron chi connectivity index (χ2n) is 4.68. The lowest BCUT2D eigenvalue weighted by Gasteiger charge is -2.09. The van der Waals surface area contributed by atoms with Crippen molar-refractivity contribution in [3.8, 4) is 0 Å². The summed E-state index contributed by atoms with van der Waals surface area (Å²) in [5.74, 6) is -2.85. The first-order valence-corrected chi connectivity index (χ1v) is 8.18. The topological polar surface area (TPSA) is 75.3 Å². The summed E-state index contributed by atoms with van der Waals surface area (Å²) in [6.07, 6.45) is 0.804. The van der Waals surface area contributed by atoms with Crippen LogP contribution in [0.1, 0.15) is 22.8 Å². The van der Waals surface area contributed by atoms with Gasteiger partial charge in [0.2, 0.25) is 0 Å². The molecule has 0 unspecified atom stereocenters. The highest BCUT2D eigenvalue weighted by Crippen LogP contribution is 2.14. The smallest absolute Gasteiger partial charge is 0.266 e. The van der Waals surface area contributed by atoms with Crippen LogP contribution in [-0.2, 0) is 16.4 Å². The van der Waals surface area contributed by atoms with E-state index < -0.39 is 32.5 Å². The zero-order valence-electron chi connectivity index (χ0n) is 12.1. The molecule has 0 heterocycles. The summed E-state index contributed by atoms with van der Waals surface area (Å²) in [4.78, 5) is 12.9. The Morgan fingerprint density at radius 1 is 1.09 bits per heavy atom. The Morgan fingerprint density at radius 3 is 2.30 bits per heavy atom. The monoisotopic (exact) mass is 340 g/mol. The molecular formula is C15H14F2N2O3S. The number of aryl methyl sites for hydroxylation is 1. The maximum Gasteiger partial charge on any atom is 0.266 e. The number of carbonyl (C=O) groups is 1. The van der Waals surface area contributed by atoms with Gasteiger partial charge in [0.05, 0.1) is 0 Å². The predicted molar refractivity (Wildman–Crippen MR) is 80.0 cm³/mol. The van der Waals surface area contributed by atoms with E-state index in [2.05, 4.69) is 0 Å². The third-order valence-corrected chi connectivity index (χ3v) is 4.39. The second-order valence-corrected chi connectivity index (χ2v) is 6.34. The minimum atomic E-state index is -4.35. The van der Waals surface area contributed by atoms with E-state index in [9.17, 15) is 22.0 Å². The molecule has 0 atom stereocenters. The van der Waals surface area contributed by atoms with Crippen molar-refractivity contribution in [3.63, 3.8) is 0 Å². The number of hydrazine groups is 1. The van der Waals surface area contributed by atoms with Crippen molar-refractivity contribution in [3.05, 3.63) is 65.2 Å². The molecule has 23 heavy (non-hydrogen) atoms. The molecule has 0 saturated carbocycles. The van der Waals surface area contributed by atoms with Crippen molar-refractivity contribution in [2.24, 2.45) is 0 Å². The van der Waals surface area contributed by atoms with Crippen molar-refractivity contribution in [1.82, 2.24) is 10.3 Å². The minimum absolute atomic E-state index is 0.240. The Morgan fingerprint density at radius 2 is 1.74 bits per heavy atom. The lowest BCUT2D eigenvalue weighted by Crippen LogP contribution is -2.41. The average molecular weight is 340 g/mol. The largest absolute Gasteiger partial charge is 0.273 e. The number of amides is 1. The van der Waals surface area contributed by atoms with Crippen molar-refractivity contribution >= 4 is 15.9 Å². The van der Waals surface area contributed by atoms with Gasteiger partial charge in [-0.2, -0.15) is 0 Å². The van der Waals surface area contributed by atoms with Gasteiger partial charge in [0.25, 0.3) is 15.9 Å². The molecule has 2 rings (SSSR count). The van der Waals surface area contributed by atoms with E-state index in [1.807, 2.05) is 12.3 Å². The first kappa shape index (κ1) is 17.0. The standard InChI is InChI=1S/C15H14F2N2O3S/c1-2-10-3-5-11(6-4-10)15(20)18-19-23(21,22)14-8-7-12(16)9-13(14)17/h3-9,19H,2H2,1H3,(H,18,20). The first-order chi connectivity index (χ1) is 10.8. The van der Waals surface area contributed by atoms with Crippen LogP contribution in [0.4, 0.5) is 8.78 Å². The molecule has 0 saturated heterocycles. The van der Waals surface area contributed by atoms with Crippen molar-refractivity contribution in [2.75, 3.05) is 0 Å². The highest BCUT2D eigenvalue weighted by Gasteiger charge is 2.20. The molecule has 2 aromatic rings. The average Bonchev–Trinajstić information content (AvgIpc) is 2.52. The maximum atomic E-state index is 13.5. The summed E-state index contributed by atoms with van der Waals surface area (Å²) in [6, 6.07) is 8.59. The van der Waals surface area contributed by atoms with Crippen LogP contribution in [0.15, 0.2) is 47.4 Å². The predicted octanol–water partition coefficient (Wildman–Crippen LogP) is 2.15. The number of rotatable bonds is 5. The second kappa shape index (κ2) is 6.84. The number of benzene rings is 2. The molecule has 2 N–H and O–H groups in total. The summed E-state index contributed by atoms with van der Waals surface area (Å²) in [6.45, 7) is 1.96. The fourth-order valence-electron chi connectivity index (χ4n) is 1.83. The molecule has 0 fully saturated rings. The van der Waals surface area contributed by atoms with Gasteiger partial charge in [0.1, 0.15) is 16.5 Å². The van der Waals surface area contributed by atoms with Crippen molar-refractivity contribution in [2.45, 2.75) is 18.2 Å². The maximum absolute atomic E-state index is 13.5. The third kappa shape index (κ3) is 4.11. The summed E-state index contributed by atoms with van der Waals surface area (Å²) in [5, 5.41) is 0. The lowest BCUT2D eigenvalue weighted by atomic mass is 10.1. The molecule has 0 radical (unpaired) electrons. The summed E-state index contributed by atoms with van der Waals surface area (Å²) in [7, 11) is -4.35. The van der Waals surface area contributed by atoms with Gasteiger partial charge in [0, 0.05) is 11.6 Å². The van der Waals surface area contributed by atoms with Gasteiger partial charge in [-0.05, 0) is 36.2 Å². The Labute approximate surface area is 132 Å². The molecule has 0 aromatic heterocycles. The number of sulfonamides is 1. The number of hydrogen-bond acceptors (Lipinski definition) is 3. The fraction of sp³-hybridized carbons (Fsp3) is 0.133. The fourth-order valence-corrected chi connectivity index (χ4v) is 2.73.